The minimum Gasteiger partial charge on any atom is -0.345 e. The Balaban J connectivity index is 1.30. The van der Waals surface area contributed by atoms with E-state index in [1.165, 1.54) is 11.8 Å². The Morgan fingerprint density at radius 3 is 2.55 bits per heavy atom. The van der Waals surface area contributed by atoms with Gasteiger partial charge in [-0.3, -0.25) is 9.59 Å². The number of amides is 2. The second-order valence-corrected chi connectivity index (χ2v) is 7.84. The zero-order valence-corrected chi connectivity index (χ0v) is 17.9. The maximum Gasteiger partial charge on any atom is 0.251 e. The summed E-state index contributed by atoms with van der Waals surface area (Å²) in [4.78, 5) is 29.2. The molecule has 0 aliphatic rings. The van der Waals surface area contributed by atoms with Crippen LogP contribution in [0, 0.1) is 0 Å². The summed E-state index contributed by atoms with van der Waals surface area (Å²) in [7, 11) is 3.75. The number of hydrogen-bond donors (Lipinski definition) is 2. The molecule has 0 saturated carbocycles. The molecular formula is C21H21N7O2S. The Morgan fingerprint density at radius 1 is 1.06 bits per heavy atom. The summed E-state index contributed by atoms with van der Waals surface area (Å²) in [6.07, 6.45) is 1.58. The molecule has 0 radical (unpaired) electrons. The van der Waals surface area contributed by atoms with E-state index in [1.807, 2.05) is 42.9 Å². The molecule has 2 heterocycles. The molecule has 10 heteroatoms. The number of fused-ring (bicyclic) bond motifs is 1. The summed E-state index contributed by atoms with van der Waals surface area (Å²) in [6, 6.07) is 14.6. The number of anilines is 1. The highest BCUT2D eigenvalue weighted by Gasteiger charge is 2.11. The molecule has 2 aromatic carbocycles. The zero-order chi connectivity index (χ0) is 21.8. The largest absolute Gasteiger partial charge is 0.345 e. The van der Waals surface area contributed by atoms with E-state index < -0.39 is 0 Å². The molecule has 158 valence electrons. The van der Waals surface area contributed by atoms with E-state index in [1.54, 1.807) is 35.2 Å². The molecule has 2 aromatic heterocycles. The molecule has 4 rings (SSSR count). The van der Waals surface area contributed by atoms with Crippen LogP contribution in [0.5, 0.6) is 0 Å². The highest BCUT2D eigenvalue weighted by molar-refractivity contribution is 7.99. The smallest absolute Gasteiger partial charge is 0.251 e. The number of carbonyl (C=O) groups excluding carboxylic acids is 2. The van der Waals surface area contributed by atoms with Crippen molar-refractivity contribution in [3.8, 4) is 0 Å². The molecule has 0 fully saturated rings. The van der Waals surface area contributed by atoms with E-state index in [4.69, 9.17) is 0 Å². The molecule has 9 nitrogen and oxygen atoms in total. The van der Waals surface area contributed by atoms with Gasteiger partial charge in [0.2, 0.25) is 5.91 Å². The maximum atomic E-state index is 12.5. The lowest BCUT2D eigenvalue weighted by Gasteiger charge is -2.08. The van der Waals surface area contributed by atoms with Crippen molar-refractivity contribution in [3.63, 3.8) is 0 Å². The number of hydrogen-bond acceptors (Lipinski definition) is 6. The molecule has 0 bridgehead atoms. The second-order valence-electron chi connectivity index (χ2n) is 6.90. The predicted octanol–water partition coefficient (Wildman–Crippen LogP) is 2.36. The van der Waals surface area contributed by atoms with Crippen LogP contribution in [-0.2, 0) is 25.4 Å². The number of nitrogens with zero attached hydrogens (tertiary/aromatic N) is 5. The minimum absolute atomic E-state index is 0.160. The van der Waals surface area contributed by atoms with Gasteiger partial charge in [-0.1, -0.05) is 23.9 Å². The third-order valence-electron chi connectivity index (χ3n) is 4.72. The number of nitrogens with one attached hydrogen (secondary N) is 2. The Bertz CT molecular complexity index is 1230. The normalized spacial score (nSPS) is 10.9. The first-order valence-electron chi connectivity index (χ1n) is 9.56. The van der Waals surface area contributed by atoms with Gasteiger partial charge >= 0.3 is 0 Å². The number of para-hydroxylation sites is 2. The molecule has 4 aromatic rings. The van der Waals surface area contributed by atoms with Gasteiger partial charge < -0.3 is 19.8 Å². The molecule has 0 aliphatic carbocycles. The molecule has 0 atom stereocenters. The number of aromatic nitrogens is 5. The van der Waals surface area contributed by atoms with E-state index >= 15 is 0 Å². The van der Waals surface area contributed by atoms with Crippen LogP contribution in [0.15, 0.2) is 60.0 Å². The summed E-state index contributed by atoms with van der Waals surface area (Å²) in [5.41, 5.74) is 3.04. The van der Waals surface area contributed by atoms with Crippen LogP contribution < -0.4 is 10.6 Å². The van der Waals surface area contributed by atoms with Crippen LogP contribution >= 0.6 is 11.8 Å². The average Bonchev–Trinajstić information content (AvgIpc) is 3.34. The first-order valence-corrected chi connectivity index (χ1v) is 10.5. The van der Waals surface area contributed by atoms with Crippen molar-refractivity contribution in [2.45, 2.75) is 11.7 Å². The molecule has 2 N–H and O–H groups in total. The van der Waals surface area contributed by atoms with Crippen molar-refractivity contribution in [1.82, 2.24) is 29.6 Å². The first-order chi connectivity index (χ1) is 15.0. The Kier molecular flexibility index (Phi) is 5.99. The fourth-order valence-electron chi connectivity index (χ4n) is 3.05. The average molecular weight is 436 g/mol. The van der Waals surface area contributed by atoms with Crippen LogP contribution in [0.1, 0.15) is 16.2 Å². The van der Waals surface area contributed by atoms with Gasteiger partial charge in [-0.05, 0) is 36.4 Å². The lowest BCUT2D eigenvalue weighted by atomic mass is 10.2. The molecular weight excluding hydrogens is 414 g/mol. The lowest BCUT2D eigenvalue weighted by molar-refractivity contribution is -0.113. The second kappa shape index (κ2) is 9.00. The fraction of sp³-hybridized carbons (Fsp3) is 0.190. The third kappa shape index (κ3) is 4.75. The van der Waals surface area contributed by atoms with Gasteiger partial charge in [0.05, 0.1) is 23.3 Å². The lowest BCUT2D eigenvalue weighted by Crippen LogP contribution is -2.24. The summed E-state index contributed by atoms with van der Waals surface area (Å²) in [5.74, 6) is 0.626. The number of carbonyl (C=O) groups is 2. The van der Waals surface area contributed by atoms with Crippen molar-refractivity contribution >= 4 is 40.3 Å². The standard InChI is InChI=1S/C21H21N7O2S/c1-27-13-23-26-21(27)31-12-19(29)24-15-9-7-14(8-10-15)20(30)22-11-18-25-16-5-3-4-6-17(16)28(18)2/h3-10,13H,11-12H2,1-2H3,(H,22,30)(H,24,29). The van der Waals surface area contributed by atoms with E-state index in [-0.39, 0.29) is 17.6 Å². The SMILES string of the molecule is Cn1cnnc1SCC(=O)Nc1ccc(C(=O)NCc2nc3ccccc3n2C)cc1. The number of thioether (sulfide) groups is 1. The van der Waals surface area contributed by atoms with Crippen LogP contribution in [-0.4, -0.2) is 41.9 Å². The fourth-order valence-corrected chi connectivity index (χ4v) is 3.74. The van der Waals surface area contributed by atoms with Gasteiger partial charge in [0.1, 0.15) is 12.2 Å². The van der Waals surface area contributed by atoms with Gasteiger partial charge in [-0.25, -0.2) is 4.98 Å². The van der Waals surface area contributed by atoms with Gasteiger partial charge in [0.15, 0.2) is 5.16 Å². The zero-order valence-electron chi connectivity index (χ0n) is 17.1. The topological polar surface area (TPSA) is 107 Å². The maximum absolute atomic E-state index is 12.5. The van der Waals surface area contributed by atoms with Crippen LogP contribution in [0.25, 0.3) is 11.0 Å². The quantitative estimate of drug-likeness (QED) is 0.432. The van der Waals surface area contributed by atoms with Gasteiger partial charge in [-0.15, -0.1) is 10.2 Å². The highest BCUT2D eigenvalue weighted by atomic mass is 32.2. The van der Waals surface area contributed by atoms with Crippen molar-refractivity contribution in [3.05, 3.63) is 66.2 Å². The number of rotatable bonds is 7. The Hall–Kier alpha value is -3.66. The highest BCUT2D eigenvalue weighted by Crippen LogP contribution is 2.16. The number of imidazole rings is 1. The molecule has 0 spiro atoms. The Morgan fingerprint density at radius 2 is 1.84 bits per heavy atom. The van der Waals surface area contributed by atoms with Crippen LogP contribution in [0.2, 0.25) is 0 Å². The van der Waals surface area contributed by atoms with Gasteiger partial charge in [0, 0.05) is 25.3 Å². The molecule has 0 saturated heterocycles. The van der Waals surface area contributed by atoms with E-state index in [0.717, 1.165) is 16.9 Å². The number of benzene rings is 2. The molecule has 0 aliphatic heterocycles. The molecule has 2 amide bonds. The Labute approximate surface area is 182 Å². The van der Waals surface area contributed by atoms with E-state index in [9.17, 15) is 9.59 Å². The van der Waals surface area contributed by atoms with Crippen LogP contribution in [0.4, 0.5) is 5.69 Å². The number of aryl methyl sites for hydroxylation is 2. The summed E-state index contributed by atoms with van der Waals surface area (Å²) < 4.78 is 3.71. The molecule has 31 heavy (non-hydrogen) atoms. The van der Waals surface area contributed by atoms with Crippen molar-refractivity contribution < 1.29 is 9.59 Å². The summed E-state index contributed by atoms with van der Waals surface area (Å²) >= 11 is 1.30. The van der Waals surface area contributed by atoms with Crippen molar-refractivity contribution in [2.75, 3.05) is 11.1 Å². The van der Waals surface area contributed by atoms with E-state index in [0.29, 0.717) is 23.0 Å². The van der Waals surface area contributed by atoms with E-state index in [2.05, 4.69) is 25.8 Å². The van der Waals surface area contributed by atoms with Gasteiger partial charge in [0.25, 0.3) is 5.91 Å². The van der Waals surface area contributed by atoms with Gasteiger partial charge in [-0.2, -0.15) is 0 Å². The third-order valence-corrected chi connectivity index (χ3v) is 5.75. The summed E-state index contributed by atoms with van der Waals surface area (Å²) in [6.45, 7) is 0.321. The monoisotopic (exact) mass is 435 g/mol. The minimum atomic E-state index is -0.206. The predicted molar refractivity (Wildman–Crippen MR) is 119 cm³/mol. The molecule has 0 unspecified atom stereocenters. The van der Waals surface area contributed by atoms with Crippen molar-refractivity contribution in [2.24, 2.45) is 14.1 Å². The summed E-state index contributed by atoms with van der Waals surface area (Å²) in [5, 5.41) is 14.1. The first kappa shape index (κ1) is 20.6. The van der Waals surface area contributed by atoms with Crippen molar-refractivity contribution in [1.29, 1.82) is 0 Å². The van der Waals surface area contributed by atoms with Crippen LogP contribution in [0.3, 0.4) is 0 Å².